The van der Waals surface area contributed by atoms with E-state index in [1.807, 2.05) is 13.0 Å². The Labute approximate surface area is 113 Å². The van der Waals surface area contributed by atoms with Gasteiger partial charge in [-0.3, -0.25) is 9.59 Å². The van der Waals surface area contributed by atoms with E-state index in [-0.39, 0.29) is 11.6 Å². The van der Waals surface area contributed by atoms with Gasteiger partial charge in [-0.1, -0.05) is 30.3 Å². The van der Waals surface area contributed by atoms with Crippen molar-refractivity contribution in [2.45, 2.75) is 6.92 Å². The van der Waals surface area contributed by atoms with Crippen LogP contribution in [0, 0.1) is 6.92 Å². The second-order valence-electron chi connectivity index (χ2n) is 4.32. The van der Waals surface area contributed by atoms with Crippen LogP contribution in [0.3, 0.4) is 0 Å². The summed E-state index contributed by atoms with van der Waals surface area (Å²) in [6.45, 7) is 1.91. The number of rotatable bonds is 0. The Bertz CT molecular complexity index is 702. The molecule has 0 saturated heterocycles. The molecule has 0 aliphatic heterocycles. The number of fused-ring (bicyclic) bond motifs is 2. The lowest BCUT2D eigenvalue weighted by molar-refractivity contribution is 0.0978. The maximum absolute atomic E-state index is 12.4. The van der Waals surface area contributed by atoms with Crippen LogP contribution < -0.4 is 0 Å². The van der Waals surface area contributed by atoms with E-state index in [0.29, 0.717) is 26.7 Å². The van der Waals surface area contributed by atoms with Crippen molar-refractivity contribution in [1.29, 1.82) is 0 Å². The third kappa shape index (κ3) is 1.40. The lowest BCUT2D eigenvalue weighted by Gasteiger charge is -2.19. The van der Waals surface area contributed by atoms with Crippen LogP contribution in [0.2, 0.25) is 0 Å². The number of hydrogen-bond donors (Lipinski definition) is 0. The van der Waals surface area contributed by atoms with Gasteiger partial charge in [0.05, 0.1) is 0 Å². The van der Waals surface area contributed by atoms with Gasteiger partial charge in [-0.2, -0.15) is 0 Å². The third-order valence-corrected chi connectivity index (χ3v) is 4.24. The predicted octanol–water partition coefficient (Wildman–Crippen LogP) is 3.53. The number of hydrogen-bond acceptors (Lipinski definition) is 2. The summed E-state index contributed by atoms with van der Waals surface area (Å²) >= 11 is 3.41. The molecule has 0 atom stereocenters. The minimum Gasteiger partial charge on any atom is -0.289 e. The van der Waals surface area contributed by atoms with Gasteiger partial charge in [0.2, 0.25) is 0 Å². The molecule has 2 nitrogen and oxygen atoms in total. The molecule has 0 fully saturated rings. The van der Waals surface area contributed by atoms with Gasteiger partial charge in [0.1, 0.15) is 0 Å². The van der Waals surface area contributed by atoms with Crippen molar-refractivity contribution in [2.24, 2.45) is 0 Å². The topological polar surface area (TPSA) is 34.1 Å². The highest BCUT2D eigenvalue weighted by Crippen LogP contribution is 2.33. The molecule has 0 radical (unpaired) electrons. The number of halogens is 1. The fraction of sp³-hybridized carbons (Fsp3) is 0.0667. The average molecular weight is 301 g/mol. The van der Waals surface area contributed by atoms with Crippen molar-refractivity contribution in [3.8, 4) is 0 Å². The van der Waals surface area contributed by atoms with Gasteiger partial charge >= 0.3 is 0 Å². The van der Waals surface area contributed by atoms with E-state index in [0.717, 1.165) is 5.56 Å². The van der Waals surface area contributed by atoms with Crippen LogP contribution in [-0.2, 0) is 0 Å². The van der Waals surface area contributed by atoms with Crippen LogP contribution in [0.1, 0.15) is 37.4 Å². The zero-order valence-electron chi connectivity index (χ0n) is 9.66. The van der Waals surface area contributed by atoms with Gasteiger partial charge in [0, 0.05) is 26.7 Å². The standard InChI is InChI=1S/C15H9BrO2/c1-8-6-7-11-12(13(8)16)15(18)10-5-3-2-4-9(10)14(11)17/h2-7H,1H3. The van der Waals surface area contributed by atoms with E-state index in [1.165, 1.54) is 0 Å². The molecule has 1 aliphatic rings. The summed E-state index contributed by atoms with van der Waals surface area (Å²) in [6, 6.07) is 10.5. The lowest BCUT2D eigenvalue weighted by Crippen LogP contribution is -2.21. The zero-order chi connectivity index (χ0) is 12.9. The molecule has 3 heteroatoms. The quantitative estimate of drug-likeness (QED) is 0.636. The number of aryl methyl sites for hydroxylation is 1. The highest BCUT2D eigenvalue weighted by Gasteiger charge is 2.31. The van der Waals surface area contributed by atoms with Gasteiger partial charge in [0.25, 0.3) is 0 Å². The first kappa shape index (κ1) is 11.4. The summed E-state index contributed by atoms with van der Waals surface area (Å²) in [5, 5.41) is 0. The Balaban J connectivity index is 2.38. The molecule has 18 heavy (non-hydrogen) atoms. The van der Waals surface area contributed by atoms with Gasteiger partial charge in [0.15, 0.2) is 11.6 Å². The second kappa shape index (κ2) is 3.89. The summed E-state index contributed by atoms with van der Waals surface area (Å²) in [7, 11) is 0. The first-order chi connectivity index (χ1) is 8.61. The highest BCUT2D eigenvalue weighted by atomic mass is 79.9. The summed E-state index contributed by atoms with van der Waals surface area (Å²) in [4.78, 5) is 24.8. The Kier molecular flexibility index (Phi) is 2.45. The van der Waals surface area contributed by atoms with Crippen molar-refractivity contribution in [2.75, 3.05) is 0 Å². The molecule has 0 unspecified atom stereocenters. The van der Waals surface area contributed by atoms with Crippen LogP contribution in [-0.4, -0.2) is 11.6 Å². The van der Waals surface area contributed by atoms with Crippen LogP contribution >= 0.6 is 15.9 Å². The van der Waals surface area contributed by atoms with Crippen molar-refractivity contribution < 1.29 is 9.59 Å². The van der Waals surface area contributed by atoms with Crippen LogP contribution in [0.4, 0.5) is 0 Å². The van der Waals surface area contributed by atoms with Gasteiger partial charge in [-0.15, -0.1) is 0 Å². The van der Waals surface area contributed by atoms with Gasteiger partial charge < -0.3 is 0 Å². The van der Waals surface area contributed by atoms with E-state index in [4.69, 9.17) is 0 Å². The molecule has 2 aromatic carbocycles. The first-order valence-corrected chi connectivity index (χ1v) is 6.38. The molecule has 0 bridgehead atoms. The molecule has 0 saturated carbocycles. The van der Waals surface area contributed by atoms with E-state index < -0.39 is 0 Å². The summed E-state index contributed by atoms with van der Waals surface area (Å²) in [5.41, 5.74) is 2.90. The first-order valence-electron chi connectivity index (χ1n) is 5.59. The highest BCUT2D eigenvalue weighted by molar-refractivity contribution is 9.10. The largest absolute Gasteiger partial charge is 0.289 e. The minimum atomic E-state index is -0.0872. The molecular weight excluding hydrogens is 292 g/mol. The molecule has 88 valence electrons. The van der Waals surface area contributed by atoms with Crippen molar-refractivity contribution in [3.05, 3.63) is 68.7 Å². The molecule has 3 rings (SSSR count). The normalized spacial score (nSPS) is 13.2. The predicted molar refractivity (Wildman–Crippen MR) is 72.2 cm³/mol. The number of carbonyl (C=O) groups is 2. The number of carbonyl (C=O) groups excluding carboxylic acids is 2. The smallest absolute Gasteiger partial charge is 0.195 e. The summed E-state index contributed by atoms with van der Waals surface area (Å²) in [6.07, 6.45) is 0. The van der Waals surface area contributed by atoms with E-state index >= 15 is 0 Å². The molecule has 0 aromatic heterocycles. The molecule has 1 aliphatic carbocycles. The van der Waals surface area contributed by atoms with Crippen LogP contribution in [0.15, 0.2) is 40.9 Å². The van der Waals surface area contributed by atoms with Gasteiger partial charge in [-0.05, 0) is 34.5 Å². The van der Waals surface area contributed by atoms with Crippen LogP contribution in [0.25, 0.3) is 0 Å². The van der Waals surface area contributed by atoms with Gasteiger partial charge in [-0.25, -0.2) is 0 Å². The molecule has 0 N–H and O–H groups in total. The van der Waals surface area contributed by atoms with Crippen molar-refractivity contribution >= 4 is 27.5 Å². The Morgan fingerprint density at radius 1 is 0.833 bits per heavy atom. The van der Waals surface area contributed by atoms with E-state index in [9.17, 15) is 9.59 Å². The van der Waals surface area contributed by atoms with E-state index in [1.54, 1.807) is 30.3 Å². The summed E-state index contributed by atoms with van der Waals surface area (Å²) in [5.74, 6) is -0.170. The summed E-state index contributed by atoms with van der Waals surface area (Å²) < 4.78 is 0.716. The fourth-order valence-electron chi connectivity index (χ4n) is 2.25. The maximum atomic E-state index is 12.4. The lowest BCUT2D eigenvalue weighted by atomic mass is 9.83. The monoisotopic (exact) mass is 300 g/mol. The maximum Gasteiger partial charge on any atom is 0.195 e. The molecular formula is C15H9BrO2. The Morgan fingerprint density at radius 3 is 2.11 bits per heavy atom. The molecule has 2 aromatic rings. The third-order valence-electron chi connectivity index (χ3n) is 3.22. The zero-order valence-corrected chi connectivity index (χ0v) is 11.2. The molecule has 0 amide bonds. The van der Waals surface area contributed by atoms with Crippen molar-refractivity contribution in [1.82, 2.24) is 0 Å². The Morgan fingerprint density at radius 2 is 1.44 bits per heavy atom. The van der Waals surface area contributed by atoms with Crippen LogP contribution in [0.5, 0.6) is 0 Å². The minimum absolute atomic E-state index is 0.0825. The van der Waals surface area contributed by atoms with Crippen molar-refractivity contribution in [3.63, 3.8) is 0 Å². The fourth-order valence-corrected chi connectivity index (χ4v) is 2.78. The Hall–Kier alpha value is -1.74. The second-order valence-corrected chi connectivity index (χ2v) is 5.12. The number of benzene rings is 2. The average Bonchev–Trinajstić information content (AvgIpc) is 2.39. The molecule has 0 heterocycles. The molecule has 0 spiro atoms. The van der Waals surface area contributed by atoms with E-state index in [2.05, 4.69) is 15.9 Å². The SMILES string of the molecule is Cc1ccc2c(c1Br)C(=O)c1ccccc1C2=O. The number of ketones is 2.